The summed E-state index contributed by atoms with van der Waals surface area (Å²) in [6.45, 7) is 5.16. The van der Waals surface area contributed by atoms with Gasteiger partial charge in [-0.25, -0.2) is 0 Å². The van der Waals surface area contributed by atoms with Gasteiger partial charge in [0.1, 0.15) is 5.69 Å². The van der Waals surface area contributed by atoms with Crippen molar-refractivity contribution in [2.45, 2.75) is 32.4 Å². The summed E-state index contributed by atoms with van der Waals surface area (Å²) in [5.41, 5.74) is 9.85. The predicted molar refractivity (Wildman–Crippen MR) is 121 cm³/mol. The van der Waals surface area contributed by atoms with Gasteiger partial charge in [0, 0.05) is 37.1 Å². The molecule has 0 atom stereocenters. The summed E-state index contributed by atoms with van der Waals surface area (Å²) < 4.78 is 0. The third-order valence-electron chi connectivity index (χ3n) is 5.60. The van der Waals surface area contributed by atoms with E-state index >= 15 is 0 Å². The number of carbonyl (C=O) groups excluding carboxylic acids is 2. The van der Waals surface area contributed by atoms with Crippen LogP contribution in [0.15, 0.2) is 58.7 Å². The molecule has 2 aliphatic heterocycles. The second-order valence-corrected chi connectivity index (χ2v) is 7.97. The second kappa shape index (κ2) is 8.35. The summed E-state index contributed by atoms with van der Waals surface area (Å²) in [6.07, 6.45) is 4.77. The number of allylic oxidation sites excluding steroid dienone is 1. The highest BCUT2D eigenvalue weighted by molar-refractivity contribution is 6.55. The standard InChI is InChI=1S/C24H25N5O2/c1-15-3-5-17(6-4-15)22-21(28-24(29-22)9-11-26-12-10-24)13-19(23(25)31)18-7-8-20(16(2)30)27-14-18/h3-8,13-14,26H,9-12H2,1-2H3,(H2,25,31). The molecule has 1 saturated heterocycles. The number of hydrogen-bond acceptors (Lipinski definition) is 6. The third-order valence-corrected chi connectivity index (χ3v) is 5.60. The molecule has 31 heavy (non-hydrogen) atoms. The fourth-order valence-electron chi connectivity index (χ4n) is 3.84. The van der Waals surface area contributed by atoms with E-state index in [0.717, 1.165) is 42.8 Å². The normalized spacial score (nSPS) is 17.9. The molecule has 1 aromatic carbocycles. The maximum absolute atomic E-state index is 12.3. The minimum Gasteiger partial charge on any atom is -0.366 e. The van der Waals surface area contributed by atoms with Crippen molar-refractivity contribution in [2.75, 3.05) is 13.1 Å². The zero-order valence-corrected chi connectivity index (χ0v) is 17.7. The van der Waals surface area contributed by atoms with Crippen LogP contribution in [-0.4, -0.2) is 46.9 Å². The van der Waals surface area contributed by atoms with Gasteiger partial charge >= 0.3 is 0 Å². The number of primary amides is 1. The van der Waals surface area contributed by atoms with E-state index in [2.05, 4.69) is 10.3 Å². The van der Waals surface area contributed by atoms with Crippen LogP contribution in [-0.2, 0) is 4.79 Å². The fraction of sp³-hybridized carbons (Fsp3) is 0.292. The van der Waals surface area contributed by atoms with Crippen LogP contribution in [0.3, 0.4) is 0 Å². The molecule has 1 fully saturated rings. The summed E-state index contributed by atoms with van der Waals surface area (Å²) in [6, 6.07) is 11.4. The molecule has 1 spiro atoms. The molecule has 0 saturated carbocycles. The molecule has 0 aliphatic carbocycles. The number of amides is 1. The molecule has 0 radical (unpaired) electrons. The average Bonchev–Trinajstić information content (AvgIpc) is 3.10. The van der Waals surface area contributed by atoms with Crippen LogP contribution in [0.1, 0.15) is 46.9 Å². The first-order chi connectivity index (χ1) is 14.9. The van der Waals surface area contributed by atoms with Crippen molar-refractivity contribution >= 4 is 28.7 Å². The smallest absolute Gasteiger partial charge is 0.249 e. The summed E-state index contributed by atoms with van der Waals surface area (Å²) >= 11 is 0. The van der Waals surface area contributed by atoms with Crippen LogP contribution in [0, 0.1) is 6.92 Å². The molecule has 158 valence electrons. The Balaban J connectivity index is 1.79. The molecule has 7 heteroatoms. The van der Waals surface area contributed by atoms with E-state index in [-0.39, 0.29) is 11.4 Å². The van der Waals surface area contributed by atoms with Crippen LogP contribution in [0.5, 0.6) is 0 Å². The van der Waals surface area contributed by atoms with Crippen LogP contribution in [0.25, 0.3) is 5.57 Å². The van der Waals surface area contributed by atoms with Gasteiger partial charge in [-0.3, -0.25) is 24.6 Å². The van der Waals surface area contributed by atoms with E-state index in [1.807, 2.05) is 31.2 Å². The number of ketones is 1. The van der Waals surface area contributed by atoms with Gasteiger partial charge < -0.3 is 11.1 Å². The van der Waals surface area contributed by atoms with Gasteiger partial charge in [0.05, 0.1) is 17.0 Å². The molecule has 3 N–H and O–H groups in total. The van der Waals surface area contributed by atoms with Gasteiger partial charge in [0.2, 0.25) is 5.91 Å². The number of pyridine rings is 1. The number of nitrogens with zero attached hydrogens (tertiary/aromatic N) is 3. The zero-order valence-electron chi connectivity index (χ0n) is 17.7. The summed E-state index contributed by atoms with van der Waals surface area (Å²) in [5.74, 6) is -0.729. The molecule has 2 aliphatic rings. The summed E-state index contributed by atoms with van der Waals surface area (Å²) in [7, 11) is 0. The van der Waals surface area contributed by atoms with Crippen molar-refractivity contribution in [3.05, 3.63) is 71.1 Å². The number of nitrogens with two attached hydrogens (primary N) is 1. The van der Waals surface area contributed by atoms with Gasteiger partial charge in [-0.1, -0.05) is 35.9 Å². The number of nitrogens with one attached hydrogen (secondary N) is 1. The number of aliphatic imine (C=N–C) groups is 2. The van der Waals surface area contributed by atoms with Gasteiger partial charge in [-0.15, -0.1) is 0 Å². The first-order valence-corrected chi connectivity index (χ1v) is 10.3. The van der Waals surface area contributed by atoms with Crippen molar-refractivity contribution in [1.29, 1.82) is 0 Å². The molecular formula is C24H25N5O2. The number of Topliss-reactive ketones (excluding diaryl/α,β-unsaturated/α-hetero) is 1. The van der Waals surface area contributed by atoms with Crippen molar-refractivity contribution in [3.8, 4) is 0 Å². The van der Waals surface area contributed by atoms with Gasteiger partial charge in [-0.05, 0) is 32.2 Å². The highest BCUT2D eigenvalue weighted by Crippen LogP contribution is 2.32. The molecule has 4 rings (SSSR count). The van der Waals surface area contributed by atoms with E-state index < -0.39 is 11.6 Å². The highest BCUT2D eigenvalue weighted by Gasteiger charge is 2.37. The molecule has 0 bridgehead atoms. The maximum Gasteiger partial charge on any atom is 0.249 e. The van der Waals surface area contributed by atoms with E-state index in [1.165, 1.54) is 13.1 Å². The number of aromatic nitrogens is 1. The Hall–Kier alpha value is -3.45. The van der Waals surface area contributed by atoms with Gasteiger partial charge in [-0.2, -0.15) is 0 Å². The molecule has 7 nitrogen and oxygen atoms in total. The lowest BCUT2D eigenvalue weighted by Gasteiger charge is -2.28. The third kappa shape index (κ3) is 4.36. The Morgan fingerprint density at radius 3 is 2.35 bits per heavy atom. The molecule has 0 unspecified atom stereocenters. The maximum atomic E-state index is 12.3. The molecule has 2 aromatic rings. The van der Waals surface area contributed by atoms with Crippen LogP contribution in [0.2, 0.25) is 0 Å². The molecular weight excluding hydrogens is 390 g/mol. The average molecular weight is 415 g/mol. The number of benzene rings is 1. The highest BCUT2D eigenvalue weighted by atomic mass is 16.1. The first-order valence-electron chi connectivity index (χ1n) is 10.3. The number of aryl methyl sites for hydroxylation is 1. The number of carbonyl (C=O) groups is 2. The monoisotopic (exact) mass is 415 g/mol. The van der Waals surface area contributed by atoms with Crippen LogP contribution in [0.4, 0.5) is 0 Å². The Morgan fingerprint density at radius 2 is 1.77 bits per heavy atom. The van der Waals surface area contributed by atoms with Crippen molar-refractivity contribution in [2.24, 2.45) is 15.7 Å². The first kappa shape index (κ1) is 20.8. The van der Waals surface area contributed by atoms with E-state index in [4.69, 9.17) is 15.7 Å². The van der Waals surface area contributed by atoms with Crippen molar-refractivity contribution in [1.82, 2.24) is 10.3 Å². The minimum absolute atomic E-state index is 0.141. The second-order valence-electron chi connectivity index (χ2n) is 7.97. The lowest BCUT2D eigenvalue weighted by Crippen LogP contribution is -2.38. The van der Waals surface area contributed by atoms with Crippen molar-refractivity contribution in [3.63, 3.8) is 0 Å². The Kier molecular flexibility index (Phi) is 5.61. The van der Waals surface area contributed by atoms with E-state index in [1.54, 1.807) is 18.2 Å². The van der Waals surface area contributed by atoms with Crippen molar-refractivity contribution < 1.29 is 9.59 Å². The predicted octanol–water partition coefficient (Wildman–Crippen LogP) is 2.48. The molecule has 3 heterocycles. The largest absolute Gasteiger partial charge is 0.366 e. The van der Waals surface area contributed by atoms with Crippen LogP contribution >= 0.6 is 0 Å². The van der Waals surface area contributed by atoms with Gasteiger partial charge in [0.25, 0.3) is 0 Å². The lowest BCUT2D eigenvalue weighted by molar-refractivity contribution is -0.112. The summed E-state index contributed by atoms with van der Waals surface area (Å²) in [4.78, 5) is 38.0. The molecule has 1 aromatic heterocycles. The van der Waals surface area contributed by atoms with E-state index in [9.17, 15) is 9.59 Å². The number of hydrogen-bond donors (Lipinski definition) is 2. The Bertz CT molecular complexity index is 1110. The lowest BCUT2D eigenvalue weighted by atomic mass is 10.00. The van der Waals surface area contributed by atoms with E-state index in [0.29, 0.717) is 17.0 Å². The zero-order chi connectivity index (χ0) is 22.0. The van der Waals surface area contributed by atoms with Gasteiger partial charge in [0.15, 0.2) is 11.4 Å². The fourth-order valence-corrected chi connectivity index (χ4v) is 3.84. The van der Waals surface area contributed by atoms with Crippen LogP contribution < -0.4 is 11.1 Å². The topological polar surface area (TPSA) is 110 Å². The number of piperidine rings is 1. The Labute approximate surface area is 181 Å². The quantitative estimate of drug-likeness (QED) is 0.577. The molecule has 1 amide bonds. The minimum atomic E-state index is -0.588. The SMILES string of the molecule is CC(=O)c1ccc(C(=CC2=NC3(CCNCC3)N=C2c2ccc(C)cc2)C(N)=O)cn1. The number of rotatable bonds is 5. The Morgan fingerprint density at radius 1 is 1.06 bits per heavy atom. The summed E-state index contributed by atoms with van der Waals surface area (Å²) in [5, 5.41) is 3.35.